The summed E-state index contributed by atoms with van der Waals surface area (Å²) in [6.45, 7) is 1.66. The zero-order valence-corrected chi connectivity index (χ0v) is 27.2. The summed E-state index contributed by atoms with van der Waals surface area (Å²) in [6, 6.07) is 26.4. The van der Waals surface area contributed by atoms with Crippen molar-refractivity contribution in [3.05, 3.63) is 122 Å². The fraction of sp³-hybridized carbons (Fsp3) is 0.171. The highest BCUT2D eigenvalue weighted by Crippen LogP contribution is 2.54. The molecule has 236 valence electrons. The van der Waals surface area contributed by atoms with Gasteiger partial charge in [-0.3, -0.25) is 23.7 Å². The number of ether oxygens (including phenoxy) is 1. The Hall–Kier alpha value is -4.71. The van der Waals surface area contributed by atoms with Gasteiger partial charge in [0.1, 0.15) is 11.8 Å². The first-order valence-electron chi connectivity index (χ1n) is 14.8. The van der Waals surface area contributed by atoms with E-state index in [4.69, 9.17) is 16.3 Å². The van der Waals surface area contributed by atoms with Crippen molar-refractivity contribution >= 4 is 80.5 Å². The van der Waals surface area contributed by atoms with Gasteiger partial charge in [0.2, 0.25) is 17.7 Å². The number of hydrogen-bond acceptors (Lipinski definition) is 8. The quantitative estimate of drug-likeness (QED) is 0.158. The molecule has 12 heteroatoms. The van der Waals surface area contributed by atoms with Crippen LogP contribution in [0.5, 0.6) is 0 Å². The van der Waals surface area contributed by atoms with E-state index in [1.807, 2.05) is 36.4 Å². The Morgan fingerprint density at radius 2 is 1.62 bits per heavy atom. The van der Waals surface area contributed by atoms with Crippen LogP contribution in [0.15, 0.2) is 101 Å². The molecular formula is C35H26ClN3O6S2. The third-order valence-corrected chi connectivity index (χ3v) is 11.1. The fourth-order valence-corrected chi connectivity index (χ4v) is 9.07. The predicted octanol–water partition coefficient (Wildman–Crippen LogP) is 6.33. The summed E-state index contributed by atoms with van der Waals surface area (Å²) in [5.74, 6) is -3.20. The highest BCUT2D eigenvalue weighted by atomic mass is 35.5. The lowest BCUT2D eigenvalue weighted by Gasteiger charge is -2.30. The third kappa shape index (κ3) is 5.54. The van der Waals surface area contributed by atoms with Crippen molar-refractivity contribution in [2.75, 3.05) is 16.8 Å². The Kier molecular flexibility index (Phi) is 8.21. The molecule has 7 rings (SSSR count). The standard InChI is InChI=1S/C35H26ClN3O6S2/c1-2-45-34(43)21-12-16-23(17-13-21)39-31(41)28-27(20-10-14-22(36)15-11-20)30-33(46-29(28)32(39)42)38(35(44)47-30)18-26(40)37-25-9-5-7-19-6-3-4-8-24(19)25/h3-17,27-29H,2,18H2,1H3,(H,37,40)/t27-,28?,29?/m1/s1. The second-order valence-electron chi connectivity index (χ2n) is 11.1. The molecule has 4 aromatic carbocycles. The minimum Gasteiger partial charge on any atom is -0.462 e. The normalized spacial score (nSPS) is 18.6. The highest BCUT2D eigenvalue weighted by molar-refractivity contribution is 8.00. The maximum absolute atomic E-state index is 14.1. The number of fused-ring (bicyclic) bond motifs is 3. The number of carbonyl (C=O) groups excluding carboxylic acids is 4. The molecule has 5 aromatic rings. The molecule has 3 amide bonds. The summed E-state index contributed by atoms with van der Waals surface area (Å²) in [5, 5.41) is 4.90. The zero-order valence-electron chi connectivity index (χ0n) is 24.8. The summed E-state index contributed by atoms with van der Waals surface area (Å²) >= 11 is 8.31. The molecule has 2 aliphatic rings. The molecule has 47 heavy (non-hydrogen) atoms. The largest absolute Gasteiger partial charge is 0.462 e. The van der Waals surface area contributed by atoms with Crippen LogP contribution in [0.1, 0.15) is 33.6 Å². The van der Waals surface area contributed by atoms with Crippen molar-refractivity contribution < 1.29 is 23.9 Å². The van der Waals surface area contributed by atoms with Gasteiger partial charge < -0.3 is 10.1 Å². The van der Waals surface area contributed by atoms with Crippen molar-refractivity contribution in [3.8, 4) is 0 Å². The van der Waals surface area contributed by atoms with Crippen molar-refractivity contribution in [3.63, 3.8) is 0 Å². The molecule has 0 bridgehead atoms. The smallest absolute Gasteiger partial charge is 0.338 e. The second kappa shape index (κ2) is 12.5. The maximum atomic E-state index is 14.1. The maximum Gasteiger partial charge on any atom is 0.338 e. The van der Waals surface area contributed by atoms with Gasteiger partial charge in [-0.25, -0.2) is 9.69 Å². The number of thioether (sulfide) groups is 1. The van der Waals surface area contributed by atoms with E-state index in [-0.39, 0.29) is 18.0 Å². The molecule has 1 saturated heterocycles. The van der Waals surface area contributed by atoms with Gasteiger partial charge in [0.25, 0.3) is 0 Å². The van der Waals surface area contributed by atoms with Crippen LogP contribution in [0, 0.1) is 5.92 Å². The first-order valence-corrected chi connectivity index (χ1v) is 16.9. The van der Waals surface area contributed by atoms with Gasteiger partial charge in [-0.15, -0.1) is 0 Å². The van der Waals surface area contributed by atoms with E-state index in [2.05, 4.69) is 5.32 Å². The van der Waals surface area contributed by atoms with Crippen LogP contribution < -0.4 is 15.1 Å². The number of imide groups is 1. The van der Waals surface area contributed by atoms with Gasteiger partial charge in [0, 0.05) is 26.9 Å². The first-order chi connectivity index (χ1) is 22.7. The average molecular weight is 684 g/mol. The van der Waals surface area contributed by atoms with E-state index in [1.165, 1.54) is 16.7 Å². The van der Waals surface area contributed by atoms with Crippen LogP contribution in [-0.4, -0.2) is 40.1 Å². The van der Waals surface area contributed by atoms with Crippen LogP contribution in [0.2, 0.25) is 5.02 Å². The number of carbonyl (C=O) groups is 4. The molecule has 2 aliphatic heterocycles. The molecule has 2 unspecified atom stereocenters. The average Bonchev–Trinajstić information content (AvgIpc) is 3.51. The molecule has 3 atom stereocenters. The predicted molar refractivity (Wildman–Crippen MR) is 182 cm³/mol. The number of halogens is 1. The number of amides is 3. The van der Waals surface area contributed by atoms with Crippen LogP contribution >= 0.6 is 34.7 Å². The van der Waals surface area contributed by atoms with E-state index in [1.54, 1.807) is 49.4 Å². The van der Waals surface area contributed by atoms with Crippen molar-refractivity contribution in [1.82, 2.24) is 4.57 Å². The Bertz CT molecular complexity index is 2120. The highest BCUT2D eigenvalue weighted by Gasteiger charge is 2.56. The summed E-state index contributed by atoms with van der Waals surface area (Å²) in [5.41, 5.74) is 1.97. The van der Waals surface area contributed by atoms with Crippen molar-refractivity contribution in [2.24, 2.45) is 5.92 Å². The number of nitrogens with zero attached hydrogens (tertiary/aromatic N) is 2. The molecule has 0 saturated carbocycles. The number of esters is 1. The van der Waals surface area contributed by atoms with Gasteiger partial charge >= 0.3 is 10.8 Å². The minimum atomic E-state index is -0.859. The van der Waals surface area contributed by atoms with E-state index in [0.29, 0.717) is 31.9 Å². The lowest BCUT2D eigenvalue weighted by molar-refractivity contribution is -0.122. The van der Waals surface area contributed by atoms with Gasteiger partial charge in [-0.1, -0.05) is 83.2 Å². The Morgan fingerprint density at radius 3 is 2.36 bits per heavy atom. The SMILES string of the molecule is CCOC(=O)c1ccc(N2C(=O)C3Sc4c(sc(=O)n4CC(=O)Nc4cccc5ccccc45)[C@H](c4ccc(Cl)cc4)C3C2=O)cc1. The molecule has 0 radical (unpaired) electrons. The number of rotatable bonds is 7. The number of hydrogen-bond donors (Lipinski definition) is 1. The van der Waals surface area contributed by atoms with Crippen molar-refractivity contribution in [1.29, 1.82) is 0 Å². The summed E-state index contributed by atoms with van der Waals surface area (Å²) in [4.78, 5) is 68.6. The lowest BCUT2D eigenvalue weighted by atomic mass is 9.83. The molecule has 1 aromatic heterocycles. The number of thiazole rings is 1. The van der Waals surface area contributed by atoms with Gasteiger partial charge in [-0.05, 0) is 60.3 Å². The van der Waals surface area contributed by atoms with Crippen molar-refractivity contribution in [2.45, 2.75) is 29.7 Å². The number of anilines is 2. The van der Waals surface area contributed by atoms with Crippen LogP contribution in [0.4, 0.5) is 11.4 Å². The van der Waals surface area contributed by atoms with Gasteiger partial charge in [0.05, 0.1) is 28.8 Å². The molecule has 3 heterocycles. The molecule has 1 fully saturated rings. The summed E-state index contributed by atoms with van der Waals surface area (Å²) < 4.78 is 6.44. The zero-order chi connectivity index (χ0) is 32.8. The number of nitrogens with one attached hydrogen (secondary N) is 1. The topological polar surface area (TPSA) is 115 Å². The van der Waals surface area contributed by atoms with Crippen LogP contribution in [0.3, 0.4) is 0 Å². The molecule has 9 nitrogen and oxygen atoms in total. The van der Waals surface area contributed by atoms with Gasteiger partial charge in [0.15, 0.2) is 0 Å². The number of benzene rings is 4. The minimum absolute atomic E-state index is 0.219. The van der Waals surface area contributed by atoms with Gasteiger partial charge in [-0.2, -0.15) is 0 Å². The van der Waals surface area contributed by atoms with E-state index in [9.17, 15) is 24.0 Å². The summed E-state index contributed by atoms with van der Waals surface area (Å²) in [6.07, 6.45) is 0. The third-order valence-electron chi connectivity index (χ3n) is 8.28. The monoisotopic (exact) mass is 683 g/mol. The van der Waals surface area contributed by atoms with E-state index in [0.717, 1.165) is 44.3 Å². The fourth-order valence-electron chi connectivity index (χ4n) is 6.17. The first kappa shape index (κ1) is 30.9. The molecule has 0 aliphatic carbocycles. The Labute approximate surface area is 282 Å². The lowest BCUT2D eigenvalue weighted by Crippen LogP contribution is -2.33. The second-order valence-corrected chi connectivity index (χ2v) is 13.6. The Balaban J connectivity index is 1.24. The Morgan fingerprint density at radius 1 is 0.894 bits per heavy atom. The molecular weight excluding hydrogens is 658 g/mol. The van der Waals surface area contributed by atoms with Crippen LogP contribution in [0.25, 0.3) is 10.8 Å². The molecule has 1 N–H and O–H groups in total. The molecule has 0 spiro atoms. The van der Waals surface area contributed by atoms with E-state index >= 15 is 0 Å². The van der Waals surface area contributed by atoms with E-state index < -0.39 is 40.8 Å². The van der Waals surface area contributed by atoms with Crippen LogP contribution in [-0.2, 0) is 25.7 Å². The number of aromatic nitrogens is 1. The summed E-state index contributed by atoms with van der Waals surface area (Å²) in [7, 11) is 0.